The molecule has 176 valence electrons. The van der Waals surface area contributed by atoms with Crippen molar-refractivity contribution in [1.82, 2.24) is 9.97 Å². The largest absolute Gasteiger partial charge is 0.374 e. The summed E-state index contributed by atoms with van der Waals surface area (Å²) in [7, 11) is -2.21. The molecule has 11 heteroatoms. The van der Waals surface area contributed by atoms with Crippen molar-refractivity contribution in [3.05, 3.63) is 53.1 Å². The van der Waals surface area contributed by atoms with E-state index in [-0.39, 0.29) is 29.8 Å². The number of pyridine rings is 2. The second-order valence-corrected chi connectivity index (χ2v) is 12.5. The van der Waals surface area contributed by atoms with Crippen molar-refractivity contribution < 1.29 is 36.6 Å². The van der Waals surface area contributed by atoms with Crippen LogP contribution in [0, 0.1) is 23.3 Å². The van der Waals surface area contributed by atoms with E-state index in [4.69, 9.17) is 9.47 Å². The molecule has 0 saturated heterocycles. The smallest absolute Gasteiger partial charge is 0.209 e. The van der Waals surface area contributed by atoms with Gasteiger partial charge >= 0.3 is 0 Å². The van der Waals surface area contributed by atoms with Crippen molar-refractivity contribution in [1.29, 1.82) is 0 Å². The van der Waals surface area contributed by atoms with Gasteiger partial charge in [-0.2, -0.15) is 0 Å². The molecule has 0 aliphatic rings. The summed E-state index contributed by atoms with van der Waals surface area (Å²) in [6.45, 7) is 9.10. The van der Waals surface area contributed by atoms with Crippen LogP contribution in [0.15, 0.2) is 18.5 Å². The van der Waals surface area contributed by atoms with Crippen molar-refractivity contribution in [2.45, 2.75) is 33.5 Å². The zero-order valence-electron chi connectivity index (χ0n) is 18.6. The van der Waals surface area contributed by atoms with Crippen molar-refractivity contribution in [3.8, 4) is 0 Å². The van der Waals surface area contributed by atoms with Gasteiger partial charge in [0.05, 0.1) is 20.5 Å². The van der Waals surface area contributed by atoms with Crippen molar-refractivity contribution in [3.63, 3.8) is 0 Å². The van der Waals surface area contributed by atoms with E-state index >= 15 is 0 Å². The fraction of sp³-hybridized carbons (Fsp3) is 0.429. The van der Waals surface area contributed by atoms with E-state index in [0.29, 0.717) is 19.3 Å². The molecule has 0 spiro atoms. The molecule has 0 amide bonds. The van der Waals surface area contributed by atoms with Crippen LogP contribution in [0.1, 0.15) is 34.8 Å². The van der Waals surface area contributed by atoms with Gasteiger partial charge in [0, 0.05) is 24.5 Å². The van der Waals surface area contributed by atoms with Crippen molar-refractivity contribution in [2.24, 2.45) is 0 Å². The summed E-state index contributed by atoms with van der Waals surface area (Å²) in [6.07, 6.45) is 1.71. The Morgan fingerprint density at radius 1 is 0.844 bits per heavy atom. The molecule has 2 aromatic rings. The number of carbonyl (C=O) groups excluding carboxylic acids is 2. The lowest BCUT2D eigenvalue weighted by Gasteiger charge is -2.19. The van der Waals surface area contributed by atoms with Crippen molar-refractivity contribution in [2.75, 3.05) is 26.4 Å². The van der Waals surface area contributed by atoms with E-state index in [0.717, 1.165) is 12.4 Å². The van der Waals surface area contributed by atoms with E-state index < -0.39 is 42.9 Å². The van der Waals surface area contributed by atoms with Crippen LogP contribution in [0.25, 0.3) is 0 Å². The van der Waals surface area contributed by atoms with Crippen molar-refractivity contribution >= 4 is 24.8 Å². The summed E-state index contributed by atoms with van der Waals surface area (Å²) in [5.41, 5.74) is -0.720. The number of halogens is 4. The fourth-order valence-corrected chi connectivity index (χ4v) is 4.05. The van der Waals surface area contributed by atoms with E-state index in [1.807, 2.05) is 19.6 Å². The third-order valence-corrected chi connectivity index (χ3v) is 5.89. The summed E-state index contributed by atoms with van der Waals surface area (Å²) in [4.78, 5) is 29.8. The Morgan fingerprint density at radius 2 is 1.34 bits per heavy atom. The van der Waals surface area contributed by atoms with Gasteiger partial charge in [0.1, 0.15) is 36.2 Å². The minimum atomic E-state index is -2.21. The number of nitrogens with zero attached hydrogens (tertiary/aromatic N) is 2. The minimum Gasteiger partial charge on any atom is -0.374 e. The van der Waals surface area contributed by atoms with Gasteiger partial charge in [0.15, 0.2) is 11.6 Å². The number of aromatic nitrogens is 2. The Kier molecular flexibility index (Phi) is 10.8. The van der Waals surface area contributed by atoms with Crippen LogP contribution >= 0.6 is 0 Å². The maximum Gasteiger partial charge on any atom is 0.209 e. The third-order valence-electron chi connectivity index (χ3n) is 3.93. The zero-order valence-corrected chi connectivity index (χ0v) is 19.6. The SMILES string of the molecule is CCOCC(=O)c1ncc(F)c([Si](C)(C)C)c1F.CCOCC(=O)c1ncc(F)cc1F. The number of ether oxygens (including phenoxy) is 2. The molecule has 0 bridgehead atoms. The Hall–Kier alpha value is -2.50. The first-order chi connectivity index (χ1) is 14.9. The second-order valence-electron chi connectivity index (χ2n) is 7.50. The molecule has 0 N–H and O–H groups in total. The molecule has 2 heterocycles. The van der Waals surface area contributed by atoms with E-state index in [9.17, 15) is 27.2 Å². The van der Waals surface area contributed by atoms with Crippen LogP contribution in [-0.4, -0.2) is 56.0 Å². The molecule has 0 aliphatic carbocycles. The molecule has 0 aliphatic heterocycles. The number of ketones is 2. The molecule has 2 rings (SSSR count). The Labute approximate surface area is 185 Å². The quantitative estimate of drug-likeness (QED) is 0.313. The van der Waals surface area contributed by atoms with Crippen LogP contribution in [0.5, 0.6) is 0 Å². The van der Waals surface area contributed by atoms with Gasteiger partial charge < -0.3 is 9.47 Å². The Bertz CT molecular complexity index is 952. The standard InChI is InChI=1S/C12H17F2NO2Si.C9H9F2NO2/c1-5-17-7-9(16)11-10(14)12(18(2,3)4)8(13)6-15-11;1-2-14-5-8(13)9-7(11)3-6(10)4-12-9/h6H,5,7H2,1-4H3;3-4H,2,5H2,1H3. The van der Waals surface area contributed by atoms with Gasteiger partial charge in [-0.15, -0.1) is 0 Å². The first-order valence-corrected chi connectivity index (χ1v) is 13.3. The van der Waals surface area contributed by atoms with E-state index in [2.05, 4.69) is 9.97 Å². The topological polar surface area (TPSA) is 78.4 Å². The normalized spacial score (nSPS) is 11.0. The maximum absolute atomic E-state index is 14.2. The molecule has 0 saturated carbocycles. The molecule has 2 aromatic heterocycles. The molecule has 0 aromatic carbocycles. The molecule has 0 atom stereocenters. The van der Waals surface area contributed by atoms with Crippen LogP contribution in [0.2, 0.25) is 19.6 Å². The molecule has 0 radical (unpaired) electrons. The number of carbonyl (C=O) groups is 2. The molecular weight excluding hydrogens is 448 g/mol. The van der Waals surface area contributed by atoms with Crippen LogP contribution < -0.4 is 5.19 Å². The predicted octanol–water partition coefficient (Wildman–Crippen LogP) is 3.70. The highest BCUT2D eigenvalue weighted by atomic mass is 28.3. The molecule has 6 nitrogen and oxygen atoms in total. The van der Waals surface area contributed by atoms with Gasteiger partial charge in [-0.1, -0.05) is 19.6 Å². The maximum atomic E-state index is 14.2. The predicted molar refractivity (Wildman–Crippen MR) is 113 cm³/mol. The molecule has 32 heavy (non-hydrogen) atoms. The van der Waals surface area contributed by atoms with Crippen LogP contribution in [0.3, 0.4) is 0 Å². The fourth-order valence-electron chi connectivity index (χ4n) is 2.49. The summed E-state index contributed by atoms with van der Waals surface area (Å²) >= 11 is 0. The van der Waals surface area contributed by atoms with Gasteiger partial charge in [0.25, 0.3) is 0 Å². The van der Waals surface area contributed by atoms with E-state index in [1.165, 1.54) is 0 Å². The molecule has 0 unspecified atom stereocenters. The first-order valence-electron chi connectivity index (χ1n) is 9.81. The number of hydrogen-bond donors (Lipinski definition) is 0. The average Bonchev–Trinajstić information content (AvgIpc) is 2.69. The Balaban J connectivity index is 0.000000330. The van der Waals surface area contributed by atoms with Gasteiger partial charge in [0.2, 0.25) is 11.6 Å². The number of rotatable bonds is 9. The van der Waals surface area contributed by atoms with Crippen LogP contribution in [-0.2, 0) is 9.47 Å². The van der Waals surface area contributed by atoms with E-state index in [1.54, 1.807) is 13.8 Å². The highest BCUT2D eigenvalue weighted by Gasteiger charge is 2.29. The minimum absolute atomic E-state index is 0.0114. The lowest BCUT2D eigenvalue weighted by molar-refractivity contribution is 0.0769. The number of hydrogen-bond acceptors (Lipinski definition) is 6. The van der Waals surface area contributed by atoms with Crippen LogP contribution in [0.4, 0.5) is 17.6 Å². The lowest BCUT2D eigenvalue weighted by atomic mass is 10.2. The molecule has 0 fully saturated rings. The Morgan fingerprint density at radius 3 is 1.81 bits per heavy atom. The van der Waals surface area contributed by atoms with Gasteiger partial charge in [-0.25, -0.2) is 27.5 Å². The monoisotopic (exact) mass is 474 g/mol. The highest BCUT2D eigenvalue weighted by Crippen LogP contribution is 2.12. The summed E-state index contributed by atoms with van der Waals surface area (Å²) in [5.74, 6) is -4.44. The summed E-state index contributed by atoms with van der Waals surface area (Å²) < 4.78 is 62.9. The average molecular weight is 475 g/mol. The van der Waals surface area contributed by atoms with Gasteiger partial charge in [-0.05, 0) is 13.8 Å². The zero-order chi connectivity index (χ0) is 24.5. The molecular formula is C21H26F4N2O4Si. The third kappa shape index (κ3) is 7.88. The second kappa shape index (κ2) is 12.5. The number of Topliss-reactive ketones (excluding diaryl/α,β-unsaturated/α-hetero) is 2. The summed E-state index contributed by atoms with van der Waals surface area (Å²) in [6, 6.07) is 0.617. The highest BCUT2D eigenvalue weighted by molar-refractivity contribution is 6.88. The first kappa shape index (κ1) is 27.5. The van der Waals surface area contributed by atoms with Gasteiger partial charge in [-0.3, -0.25) is 9.59 Å². The lowest BCUT2D eigenvalue weighted by Crippen LogP contribution is -2.44. The summed E-state index contributed by atoms with van der Waals surface area (Å²) in [5, 5.41) is 0.0114.